The van der Waals surface area contributed by atoms with Crippen LogP contribution in [-0.2, 0) is 18.4 Å². The molecule has 2 aromatic heterocycles. The van der Waals surface area contributed by atoms with Gasteiger partial charge in [-0.05, 0) is 24.1 Å². The van der Waals surface area contributed by atoms with Crippen LogP contribution in [0.2, 0.25) is 5.02 Å². The van der Waals surface area contributed by atoms with E-state index in [-0.39, 0.29) is 35.0 Å². The lowest BCUT2D eigenvalue weighted by atomic mass is 10.1. The van der Waals surface area contributed by atoms with Crippen LogP contribution in [0.3, 0.4) is 0 Å². The zero-order chi connectivity index (χ0) is 18.4. The largest absolute Gasteiger partial charge is 0.351 e. The van der Waals surface area contributed by atoms with Gasteiger partial charge in [-0.15, -0.1) is 0 Å². The van der Waals surface area contributed by atoms with Crippen LogP contribution in [-0.4, -0.2) is 31.3 Å². The lowest BCUT2D eigenvalue weighted by Crippen LogP contribution is -2.34. The van der Waals surface area contributed by atoms with Crippen LogP contribution in [0, 0.1) is 5.82 Å². The SMILES string of the molecule is Cn1ncc2c(=O)n(CC(=O)N[C@@H]3C[C@H]3c3ccc(Cl)c(F)c3)cnc21. The molecule has 1 N–H and O–H groups in total. The summed E-state index contributed by atoms with van der Waals surface area (Å²) >= 11 is 5.69. The van der Waals surface area contributed by atoms with E-state index in [1.54, 1.807) is 13.1 Å². The summed E-state index contributed by atoms with van der Waals surface area (Å²) in [7, 11) is 1.69. The van der Waals surface area contributed by atoms with Crippen molar-refractivity contribution in [2.45, 2.75) is 24.9 Å². The molecule has 1 aliphatic carbocycles. The maximum absolute atomic E-state index is 13.5. The first-order chi connectivity index (χ1) is 12.4. The minimum absolute atomic E-state index is 0.0568. The van der Waals surface area contributed by atoms with Crippen LogP contribution in [0.4, 0.5) is 4.39 Å². The maximum Gasteiger partial charge on any atom is 0.264 e. The first kappa shape index (κ1) is 16.7. The van der Waals surface area contributed by atoms with E-state index in [2.05, 4.69) is 15.4 Å². The Kier molecular flexibility index (Phi) is 3.99. The average Bonchev–Trinajstić information content (AvgIpc) is 3.26. The van der Waals surface area contributed by atoms with Gasteiger partial charge >= 0.3 is 0 Å². The van der Waals surface area contributed by atoms with Crippen molar-refractivity contribution in [3.05, 3.63) is 57.5 Å². The Morgan fingerprint density at radius 1 is 1.46 bits per heavy atom. The Bertz CT molecular complexity index is 1080. The number of carbonyl (C=O) groups excluding carboxylic acids is 1. The fourth-order valence-corrected chi connectivity index (χ4v) is 3.17. The van der Waals surface area contributed by atoms with Crippen LogP contribution in [0.1, 0.15) is 17.9 Å². The van der Waals surface area contributed by atoms with Crippen LogP contribution in [0.15, 0.2) is 35.5 Å². The first-order valence-corrected chi connectivity index (χ1v) is 8.43. The van der Waals surface area contributed by atoms with Gasteiger partial charge in [0.1, 0.15) is 24.1 Å². The van der Waals surface area contributed by atoms with Crippen LogP contribution >= 0.6 is 11.6 Å². The molecule has 0 radical (unpaired) electrons. The van der Waals surface area contributed by atoms with E-state index >= 15 is 0 Å². The smallest absolute Gasteiger partial charge is 0.264 e. The van der Waals surface area contributed by atoms with Gasteiger partial charge in [-0.3, -0.25) is 18.8 Å². The summed E-state index contributed by atoms with van der Waals surface area (Å²) in [5, 5.41) is 7.30. The number of benzene rings is 1. The Hall–Kier alpha value is -2.74. The Balaban J connectivity index is 1.43. The van der Waals surface area contributed by atoms with Gasteiger partial charge in [-0.1, -0.05) is 17.7 Å². The topological polar surface area (TPSA) is 81.8 Å². The minimum Gasteiger partial charge on any atom is -0.351 e. The monoisotopic (exact) mass is 375 g/mol. The quantitative estimate of drug-likeness (QED) is 0.751. The third-order valence-electron chi connectivity index (χ3n) is 4.54. The molecule has 1 amide bonds. The molecule has 1 aromatic carbocycles. The standard InChI is InChI=1S/C17H15ClFN5O2/c1-23-16-11(6-21-23)17(26)24(8-20-16)7-15(25)22-14-5-10(14)9-2-3-12(18)13(19)4-9/h2-4,6,8,10,14H,5,7H2,1H3,(H,22,25)/t10-,14+/m0/s1. The van der Waals surface area contributed by atoms with E-state index in [0.717, 1.165) is 12.0 Å². The third kappa shape index (κ3) is 2.96. The Morgan fingerprint density at radius 2 is 2.27 bits per heavy atom. The van der Waals surface area contributed by atoms with Crippen molar-refractivity contribution in [3.8, 4) is 0 Å². The van der Waals surface area contributed by atoms with Gasteiger partial charge in [0.05, 0.1) is 11.2 Å². The fraction of sp³-hybridized carbons (Fsp3) is 0.294. The summed E-state index contributed by atoms with van der Waals surface area (Å²) in [5.41, 5.74) is 0.955. The lowest BCUT2D eigenvalue weighted by Gasteiger charge is -2.07. The summed E-state index contributed by atoms with van der Waals surface area (Å²) in [6, 6.07) is 4.59. The zero-order valence-electron chi connectivity index (χ0n) is 13.8. The fourth-order valence-electron chi connectivity index (χ4n) is 3.05. The second kappa shape index (κ2) is 6.21. The van der Waals surface area contributed by atoms with Crippen LogP contribution in [0.5, 0.6) is 0 Å². The normalized spacial score (nSPS) is 18.9. The van der Waals surface area contributed by atoms with Gasteiger partial charge in [-0.25, -0.2) is 9.37 Å². The molecule has 9 heteroatoms. The number of nitrogens with one attached hydrogen (secondary N) is 1. The molecule has 0 bridgehead atoms. The highest BCUT2D eigenvalue weighted by atomic mass is 35.5. The third-order valence-corrected chi connectivity index (χ3v) is 4.85. The molecule has 1 aliphatic rings. The predicted octanol–water partition coefficient (Wildman–Crippen LogP) is 1.59. The van der Waals surface area contributed by atoms with Crippen LogP contribution in [0.25, 0.3) is 11.0 Å². The summed E-state index contributed by atoms with van der Waals surface area (Å²) in [4.78, 5) is 28.8. The van der Waals surface area contributed by atoms with Gasteiger partial charge in [0.15, 0.2) is 5.65 Å². The molecule has 0 aliphatic heterocycles. The molecule has 4 rings (SSSR count). The molecule has 0 unspecified atom stereocenters. The van der Waals surface area contributed by atoms with Gasteiger partial charge in [0, 0.05) is 19.0 Å². The van der Waals surface area contributed by atoms with E-state index in [0.29, 0.717) is 11.0 Å². The van der Waals surface area contributed by atoms with Gasteiger partial charge < -0.3 is 5.32 Å². The number of hydrogen-bond acceptors (Lipinski definition) is 4. The van der Waals surface area contributed by atoms with Crippen molar-refractivity contribution in [2.75, 3.05) is 0 Å². The van der Waals surface area contributed by atoms with E-state index in [9.17, 15) is 14.0 Å². The first-order valence-electron chi connectivity index (χ1n) is 8.05. The summed E-state index contributed by atoms with van der Waals surface area (Å²) < 4.78 is 16.3. The number of nitrogens with zero attached hydrogens (tertiary/aromatic N) is 4. The minimum atomic E-state index is -0.469. The molecular weight excluding hydrogens is 361 g/mol. The number of rotatable bonds is 4. The second-order valence-electron chi connectivity index (χ2n) is 6.37. The number of halogens is 2. The van der Waals surface area contributed by atoms with E-state index < -0.39 is 5.82 Å². The Morgan fingerprint density at radius 3 is 3.04 bits per heavy atom. The highest BCUT2D eigenvalue weighted by Crippen LogP contribution is 2.41. The summed E-state index contributed by atoms with van der Waals surface area (Å²) in [6.45, 7) is -0.130. The molecule has 2 atom stereocenters. The molecule has 134 valence electrons. The number of aryl methyl sites for hydroxylation is 1. The highest BCUT2D eigenvalue weighted by molar-refractivity contribution is 6.30. The van der Waals surface area contributed by atoms with Gasteiger partial charge in [0.2, 0.25) is 5.91 Å². The zero-order valence-corrected chi connectivity index (χ0v) is 14.6. The van der Waals surface area contributed by atoms with Crippen molar-refractivity contribution in [1.29, 1.82) is 0 Å². The van der Waals surface area contributed by atoms with Crippen molar-refractivity contribution >= 4 is 28.5 Å². The highest BCUT2D eigenvalue weighted by Gasteiger charge is 2.39. The molecule has 26 heavy (non-hydrogen) atoms. The molecular formula is C17H15ClFN5O2. The molecule has 1 fully saturated rings. The lowest BCUT2D eigenvalue weighted by molar-refractivity contribution is -0.121. The number of aromatic nitrogens is 4. The molecule has 0 spiro atoms. The average molecular weight is 376 g/mol. The second-order valence-corrected chi connectivity index (χ2v) is 6.78. The molecule has 7 nitrogen and oxygen atoms in total. The number of amides is 1. The van der Waals surface area contributed by atoms with Crippen molar-refractivity contribution in [2.24, 2.45) is 7.05 Å². The van der Waals surface area contributed by atoms with Crippen molar-refractivity contribution in [1.82, 2.24) is 24.6 Å². The molecule has 3 aromatic rings. The van der Waals surface area contributed by atoms with Crippen molar-refractivity contribution < 1.29 is 9.18 Å². The van der Waals surface area contributed by atoms with Gasteiger partial charge in [-0.2, -0.15) is 5.10 Å². The number of carbonyl (C=O) groups is 1. The van der Waals surface area contributed by atoms with Crippen LogP contribution < -0.4 is 10.9 Å². The van der Waals surface area contributed by atoms with E-state index in [4.69, 9.17) is 11.6 Å². The molecule has 0 saturated heterocycles. The summed E-state index contributed by atoms with van der Waals surface area (Å²) in [6.07, 6.45) is 3.50. The van der Waals surface area contributed by atoms with E-state index in [1.807, 2.05) is 0 Å². The van der Waals surface area contributed by atoms with Gasteiger partial charge in [0.25, 0.3) is 5.56 Å². The maximum atomic E-state index is 13.5. The molecule has 2 heterocycles. The number of fused-ring (bicyclic) bond motifs is 1. The van der Waals surface area contributed by atoms with E-state index in [1.165, 1.54) is 33.9 Å². The number of hydrogen-bond donors (Lipinski definition) is 1. The Labute approximate surface area is 152 Å². The summed E-state index contributed by atoms with van der Waals surface area (Å²) in [5.74, 6) is -0.705. The molecule has 1 saturated carbocycles. The predicted molar refractivity (Wildman–Crippen MR) is 93.5 cm³/mol. The van der Waals surface area contributed by atoms with Crippen molar-refractivity contribution in [3.63, 3.8) is 0 Å².